The molecule has 1 aliphatic rings. The molecule has 0 spiro atoms. The summed E-state index contributed by atoms with van der Waals surface area (Å²) in [5, 5.41) is 2.79. The number of alkyl halides is 3. The molecule has 156 valence electrons. The third-order valence-corrected chi connectivity index (χ3v) is 5.21. The minimum Gasteiger partial charge on any atom is -0.490 e. The molecule has 0 atom stereocenters. The number of nitrogens with zero attached hydrogens (tertiary/aromatic N) is 1. The van der Waals surface area contributed by atoms with E-state index in [9.17, 15) is 18.0 Å². The van der Waals surface area contributed by atoms with Crippen LogP contribution >= 0.6 is 0 Å². The lowest BCUT2D eigenvalue weighted by molar-refractivity contribution is -0.137. The maximum atomic E-state index is 12.8. The molecular weight excluding hydrogens is 381 g/mol. The van der Waals surface area contributed by atoms with E-state index < -0.39 is 11.7 Å². The highest BCUT2D eigenvalue weighted by Gasteiger charge is 2.30. The minimum atomic E-state index is -4.40. The summed E-state index contributed by atoms with van der Waals surface area (Å²) in [5.74, 6) is 0.705. The molecule has 0 saturated carbocycles. The van der Waals surface area contributed by atoms with E-state index >= 15 is 0 Å². The summed E-state index contributed by atoms with van der Waals surface area (Å²) in [6.07, 6.45) is -2.90. The molecule has 1 fully saturated rings. The molecule has 0 aliphatic carbocycles. The van der Waals surface area contributed by atoms with Crippen LogP contribution in [0.5, 0.6) is 5.75 Å². The normalized spacial score (nSPS) is 15.3. The summed E-state index contributed by atoms with van der Waals surface area (Å²) in [7, 11) is 0. The minimum absolute atomic E-state index is 0.0377. The van der Waals surface area contributed by atoms with Crippen LogP contribution in [0.25, 0.3) is 0 Å². The molecule has 29 heavy (non-hydrogen) atoms. The number of carbonyl (C=O) groups excluding carboxylic acids is 1. The van der Waals surface area contributed by atoms with Crippen LogP contribution in [0.3, 0.4) is 0 Å². The van der Waals surface area contributed by atoms with Gasteiger partial charge in [0.05, 0.1) is 12.1 Å². The lowest BCUT2D eigenvalue weighted by atomic mass is 10.1. The number of ether oxygens (including phenoxy) is 1. The van der Waals surface area contributed by atoms with Crippen molar-refractivity contribution in [3.05, 3.63) is 59.2 Å². The Labute approximate surface area is 168 Å². The first-order valence-corrected chi connectivity index (χ1v) is 9.65. The number of likely N-dealkylation sites (tertiary alicyclic amines) is 1. The molecule has 4 nitrogen and oxygen atoms in total. The molecule has 2 aromatic rings. The fraction of sp³-hybridized carbons (Fsp3) is 0.409. The van der Waals surface area contributed by atoms with Crippen molar-refractivity contribution in [2.75, 3.05) is 25.0 Å². The quantitative estimate of drug-likeness (QED) is 0.775. The van der Waals surface area contributed by atoms with Crippen LogP contribution in [0.15, 0.2) is 42.5 Å². The Morgan fingerprint density at radius 3 is 2.48 bits per heavy atom. The van der Waals surface area contributed by atoms with Gasteiger partial charge in [-0.15, -0.1) is 0 Å². The summed E-state index contributed by atoms with van der Waals surface area (Å²) in [4.78, 5) is 14.1. The molecule has 0 aromatic heterocycles. The summed E-state index contributed by atoms with van der Waals surface area (Å²) >= 11 is 0. The maximum Gasteiger partial charge on any atom is 0.416 e. The Morgan fingerprint density at radius 1 is 1.10 bits per heavy atom. The zero-order valence-electron chi connectivity index (χ0n) is 16.6. The molecule has 0 radical (unpaired) electrons. The molecule has 2 aromatic carbocycles. The number of rotatable bonds is 5. The number of carbonyl (C=O) groups is 1. The van der Waals surface area contributed by atoms with Gasteiger partial charge in [-0.3, -0.25) is 4.79 Å². The van der Waals surface area contributed by atoms with Gasteiger partial charge in [0.25, 0.3) is 0 Å². The molecule has 1 amide bonds. The number of benzene rings is 2. The Morgan fingerprint density at radius 2 is 1.83 bits per heavy atom. The number of hydrogen-bond donors (Lipinski definition) is 1. The number of amides is 1. The standard InChI is InChI=1S/C22H25F3N2O2/c1-15-6-7-20(12-16(15)2)29-19-8-10-27(11-9-19)21(28)14-26-18-5-3-4-17(13-18)22(23,24)25/h3-7,12-13,19,26H,8-11,14H2,1-2H3. The van der Waals surface area contributed by atoms with Crippen LogP contribution in [0.2, 0.25) is 0 Å². The monoisotopic (exact) mass is 406 g/mol. The second-order valence-electron chi connectivity index (χ2n) is 7.38. The molecule has 1 N–H and O–H groups in total. The molecule has 1 saturated heterocycles. The number of piperidine rings is 1. The van der Waals surface area contributed by atoms with Gasteiger partial charge in [-0.05, 0) is 55.3 Å². The molecule has 0 unspecified atom stereocenters. The number of hydrogen-bond acceptors (Lipinski definition) is 3. The Kier molecular flexibility index (Phi) is 6.35. The number of halogens is 3. The van der Waals surface area contributed by atoms with Crippen molar-refractivity contribution in [1.29, 1.82) is 0 Å². The first kappa shape index (κ1) is 21.0. The highest BCUT2D eigenvalue weighted by molar-refractivity contribution is 5.81. The molecule has 1 aliphatic heterocycles. The van der Waals surface area contributed by atoms with Crippen molar-refractivity contribution >= 4 is 11.6 Å². The van der Waals surface area contributed by atoms with Gasteiger partial charge in [-0.1, -0.05) is 12.1 Å². The van der Waals surface area contributed by atoms with Crippen LogP contribution < -0.4 is 10.1 Å². The largest absolute Gasteiger partial charge is 0.490 e. The van der Waals surface area contributed by atoms with Gasteiger partial charge in [-0.2, -0.15) is 13.2 Å². The SMILES string of the molecule is Cc1ccc(OC2CCN(C(=O)CNc3cccc(C(F)(F)F)c3)CC2)cc1C. The summed E-state index contributed by atoms with van der Waals surface area (Å²) in [6, 6.07) is 10.9. The van der Waals surface area contributed by atoms with Gasteiger partial charge in [-0.25, -0.2) is 0 Å². The third-order valence-electron chi connectivity index (χ3n) is 5.21. The zero-order valence-corrected chi connectivity index (χ0v) is 16.6. The van der Waals surface area contributed by atoms with Gasteiger partial charge >= 0.3 is 6.18 Å². The van der Waals surface area contributed by atoms with Crippen molar-refractivity contribution < 1.29 is 22.7 Å². The van der Waals surface area contributed by atoms with E-state index in [-0.39, 0.29) is 24.2 Å². The highest BCUT2D eigenvalue weighted by Crippen LogP contribution is 2.30. The molecule has 3 rings (SSSR count). The van der Waals surface area contributed by atoms with Gasteiger partial charge < -0.3 is 15.0 Å². The number of anilines is 1. The molecule has 0 bridgehead atoms. The zero-order chi connectivity index (χ0) is 21.0. The van der Waals surface area contributed by atoms with Gasteiger partial charge in [0, 0.05) is 31.6 Å². The predicted molar refractivity (Wildman–Crippen MR) is 106 cm³/mol. The first-order chi connectivity index (χ1) is 13.7. The van der Waals surface area contributed by atoms with E-state index in [1.807, 2.05) is 25.1 Å². The van der Waals surface area contributed by atoms with Crippen LogP contribution in [-0.4, -0.2) is 36.5 Å². The van der Waals surface area contributed by atoms with Crippen molar-refractivity contribution in [1.82, 2.24) is 4.90 Å². The van der Waals surface area contributed by atoms with Gasteiger partial charge in [0.1, 0.15) is 11.9 Å². The first-order valence-electron chi connectivity index (χ1n) is 9.65. The summed E-state index contributed by atoms with van der Waals surface area (Å²) in [5.41, 5.74) is 1.93. The van der Waals surface area contributed by atoms with Crippen molar-refractivity contribution in [2.24, 2.45) is 0 Å². The van der Waals surface area contributed by atoms with Gasteiger partial charge in [0.2, 0.25) is 5.91 Å². The fourth-order valence-corrected chi connectivity index (χ4v) is 3.30. The highest BCUT2D eigenvalue weighted by atomic mass is 19.4. The molecule has 7 heteroatoms. The summed E-state index contributed by atoms with van der Waals surface area (Å²) in [6.45, 7) is 5.19. The lowest BCUT2D eigenvalue weighted by Crippen LogP contribution is -2.44. The summed E-state index contributed by atoms with van der Waals surface area (Å²) < 4.78 is 44.4. The fourth-order valence-electron chi connectivity index (χ4n) is 3.30. The second kappa shape index (κ2) is 8.76. The predicted octanol–water partition coefficient (Wildman–Crippen LogP) is 4.80. The van der Waals surface area contributed by atoms with Crippen LogP contribution in [-0.2, 0) is 11.0 Å². The van der Waals surface area contributed by atoms with E-state index in [2.05, 4.69) is 12.2 Å². The van der Waals surface area contributed by atoms with E-state index in [0.717, 1.165) is 30.7 Å². The number of nitrogens with one attached hydrogen (secondary N) is 1. The maximum absolute atomic E-state index is 12.8. The molecular formula is C22H25F3N2O2. The van der Waals surface area contributed by atoms with E-state index in [0.29, 0.717) is 13.1 Å². The van der Waals surface area contributed by atoms with Crippen LogP contribution in [0.1, 0.15) is 29.5 Å². The van der Waals surface area contributed by atoms with Crippen molar-refractivity contribution in [2.45, 2.75) is 39.0 Å². The van der Waals surface area contributed by atoms with E-state index in [1.165, 1.54) is 23.3 Å². The smallest absolute Gasteiger partial charge is 0.416 e. The van der Waals surface area contributed by atoms with E-state index in [4.69, 9.17) is 4.74 Å². The lowest BCUT2D eigenvalue weighted by Gasteiger charge is -2.32. The van der Waals surface area contributed by atoms with Crippen LogP contribution in [0, 0.1) is 13.8 Å². The van der Waals surface area contributed by atoms with Crippen molar-refractivity contribution in [3.8, 4) is 5.75 Å². The van der Waals surface area contributed by atoms with Gasteiger partial charge in [0.15, 0.2) is 0 Å². The average Bonchev–Trinajstić information content (AvgIpc) is 2.69. The molecule has 1 heterocycles. The number of aryl methyl sites for hydroxylation is 2. The average molecular weight is 406 g/mol. The Bertz CT molecular complexity index is 859. The third kappa shape index (κ3) is 5.65. The Balaban J connectivity index is 1.47. The Hall–Kier alpha value is -2.70. The topological polar surface area (TPSA) is 41.6 Å². The second-order valence-corrected chi connectivity index (χ2v) is 7.38. The van der Waals surface area contributed by atoms with Crippen LogP contribution in [0.4, 0.5) is 18.9 Å². The van der Waals surface area contributed by atoms with Crippen molar-refractivity contribution in [3.63, 3.8) is 0 Å². The van der Waals surface area contributed by atoms with E-state index in [1.54, 1.807) is 4.90 Å².